The Labute approximate surface area is 190 Å². The number of allylic oxidation sites excluding steroid dienone is 2. The number of hydrogen-bond acceptors (Lipinski definition) is 5. The van der Waals surface area contributed by atoms with Gasteiger partial charge in [-0.25, -0.2) is 8.42 Å². The van der Waals surface area contributed by atoms with E-state index >= 15 is 0 Å². The van der Waals surface area contributed by atoms with Crippen molar-refractivity contribution in [2.45, 2.75) is 9.79 Å². The summed E-state index contributed by atoms with van der Waals surface area (Å²) >= 11 is 5.82. The number of nitrogens with zero attached hydrogens (tertiary/aromatic N) is 1. The lowest BCUT2D eigenvalue weighted by Gasteiger charge is -2.18. The van der Waals surface area contributed by atoms with Crippen LogP contribution in [0.15, 0.2) is 105 Å². The predicted molar refractivity (Wildman–Crippen MR) is 121 cm³/mol. The highest BCUT2D eigenvalue weighted by molar-refractivity contribution is 7.90. The quantitative estimate of drug-likeness (QED) is 0.592. The maximum absolute atomic E-state index is 12.9. The van der Waals surface area contributed by atoms with Crippen LogP contribution in [0.1, 0.15) is 15.9 Å². The topological polar surface area (TPSA) is 110 Å². The molecule has 0 atom stereocenters. The summed E-state index contributed by atoms with van der Waals surface area (Å²) in [6.07, 6.45) is 1.12. The van der Waals surface area contributed by atoms with Crippen molar-refractivity contribution in [3.05, 3.63) is 107 Å². The molecule has 3 aromatic carbocycles. The van der Waals surface area contributed by atoms with Gasteiger partial charge in [-0.2, -0.15) is 12.8 Å². The van der Waals surface area contributed by atoms with Crippen LogP contribution in [0, 0.1) is 0 Å². The van der Waals surface area contributed by atoms with Gasteiger partial charge in [-0.3, -0.25) is 9.52 Å². The normalized spacial score (nSPS) is 15.2. The molecule has 7 nitrogen and oxygen atoms in total. The van der Waals surface area contributed by atoms with Crippen molar-refractivity contribution in [1.82, 2.24) is 4.72 Å². The molecule has 0 radical (unpaired) electrons. The van der Waals surface area contributed by atoms with Gasteiger partial charge in [0.05, 0.1) is 21.2 Å². The molecule has 10 heteroatoms. The summed E-state index contributed by atoms with van der Waals surface area (Å²) in [4.78, 5) is 12.8. The second-order valence-corrected chi connectivity index (χ2v) is 10.5. The molecule has 4 rings (SSSR count). The minimum Gasteiger partial charge on any atom is -0.287 e. The molecule has 0 aromatic heterocycles. The Morgan fingerprint density at radius 2 is 1.31 bits per heavy atom. The van der Waals surface area contributed by atoms with Crippen LogP contribution in [0.2, 0.25) is 5.02 Å². The molecule has 32 heavy (non-hydrogen) atoms. The fourth-order valence-electron chi connectivity index (χ4n) is 3.07. The number of hydrogen-bond donors (Lipinski definition) is 1. The number of fused-ring (bicyclic) bond motifs is 1. The Morgan fingerprint density at radius 3 is 1.97 bits per heavy atom. The summed E-state index contributed by atoms with van der Waals surface area (Å²) in [6.45, 7) is 0. The Bertz CT molecular complexity index is 1480. The average Bonchev–Trinajstić information content (AvgIpc) is 2.77. The van der Waals surface area contributed by atoms with Crippen molar-refractivity contribution in [2.24, 2.45) is 4.40 Å². The van der Waals surface area contributed by atoms with Crippen LogP contribution in [0.3, 0.4) is 0 Å². The van der Waals surface area contributed by atoms with E-state index in [2.05, 4.69) is 9.12 Å². The molecule has 0 saturated carbocycles. The molecule has 1 aliphatic rings. The smallest absolute Gasteiger partial charge is 0.282 e. The second-order valence-electron chi connectivity index (χ2n) is 6.76. The van der Waals surface area contributed by atoms with Crippen LogP contribution in [-0.4, -0.2) is 28.3 Å². The van der Waals surface area contributed by atoms with Crippen molar-refractivity contribution >= 4 is 43.1 Å². The zero-order chi connectivity index (χ0) is 22.9. The highest BCUT2D eigenvalue weighted by atomic mass is 35.5. The SMILES string of the molecule is O=C1C(NS(=O)(=O)c2ccccc2)=C/C(=N\S(=O)(=O)c2ccc(Cl)cc2)c2ccccc21. The van der Waals surface area contributed by atoms with Gasteiger partial charge in [-0.15, -0.1) is 0 Å². The number of Topliss-reactive ketones (excluding diaryl/α,β-unsaturated/α-hetero) is 1. The van der Waals surface area contributed by atoms with E-state index in [1.807, 2.05) is 0 Å². The Morgan fingerprint density at radius 1 is 0.719 bits per heavy atom. The minimum absolute atomic E-state index is 0.0418. The zero-order valence-electron chi connectivity index (χ0n) is 16.3. The van der Waals surface area contributed by atoms with Gasteiger partial charge in [-0.1, -0.05) is 54.1 Å². The summed E-state index contributed by atoms with van der Waals surface area (Å²) in [5.41, 5.74) is 0.0297. The summed E-state index contributed by atoms with van der Waals surface area (Å²) < 4.78 is 57.3. The first-order chi connectivity index (χ1) is 15.2. The number of nitrogens with one attached hydrogen (secondary N) is 1. The molecule has 162 valence electrons. The Kier molecular flexibility index (Phi) is 5.72. The Hall–Kier alpha value is -3.27. The van der Waals surface area contributed by atoms with Gasteiger partial charge in [0.15, 0.2) is 0 Å². The van der Waals surface area contributed by atoms with Gasteiger partial charge in [-0.05, 0) is 42.5 Å². The monoisotopic (exact) mass is 486 g/mol. The van der Waals surface area contributed by atoms with Crippen LogP contribution in [0.5, 0.6) is 0 Å². The zero-order valence-corrected chi connectivity index (χ0v) is 18.7. The third-order valence-electron chi connectivity index (χ3n) is 4.60. The average molecular weight is 487 g/mol. The number of halogens is 1. The number of rotatable bonds is 5. The van der Waals surface area contributed by atoms with E-state index in [0.717, 1.165) is 6.08 Å². The van der Waals surface area contributed by atoms with Crippen molar-refractivity contribution < 1.29 is 21.6 Å². The van der Waals surface area contributed by atoms with E-state index in [0.29, 0.717) is 5.02 Å². The number of carbonyl (C=O) groups is 1. The third-order valence-corrected chi connectivity index (χ3v) is 7.54. The molecule has 0 spiro atoms. The van der Waals surface area contributed by atoms with Crippen molar-refractivity contribution in [2.75, 3.05) is 0 Å². The molecule has 1 aliphatic carbocycles. The van der Waals surface area contributed by atoms with E-state index in [9.17, 15) is 21.6 Å². The van der Waals surface area contributed by atoms with Gasteiger partial charge in [0.2, 0.25) is 5.78 Å². The highest BCUT2D eigenvalue weighted by Crippen LogP contribution is 2.24. The van der Waals surface area contributed by atoms with Crippen LogP contribution in [0.25, 0.3) is 0 Å². The van der Waals surface area contributed by atoms with Gasteiger partial charge in [0.1, 0.15) is 0 Å². The van der Waals surface area contributed by atoms with Crippen LogP contribution in [0.4, 0.5) is 0 Å². The van der Waals surface area contributed by atoms with Crippen molar-refractivity contribution in [1.29, 1.82) is 0 Å². The number of sulfonamides is 2. The van der Waals surface area contributed by atoms with Gasteiger partial charge >= 0.3 is 0 Å². The molecule has 1 N–H and O–H groups in total. The number of carbonyl (C=O) groups excluding carboxylic acids is 1. The highest BCUT2D eigenvalue weighted by Gasteiger charge is 2.29. The summed E-state index contributed by atoms with van der Waals surface area (Å²) in [6, 6.07) is 19.2. The first kappa shape index (κ1) is 21.9. The van der Waals surface area contributed by atoms with E-state index in [1.54, 1.807) is 36.4 Å². The first-order valence-electron chi connectivity index (χ1n) is 9.22. The molecular formula is C22H15ClN2O5S2. The standard InChI is InChI=1S/C22H15ClN2O5S2/c23-15-10-12-17(13-11-15)32(29,30)24-20-14-21(22(26)19-9-5-4-8-18(19)20)25-31(27,28)16-6-2-1-3-7-16/h1-14,25H/b24-20+. The molecule has 0 amide bonds. The Balaban J connectivity index is 1.82. The summed E-state index contributed by atoms with van der Waals surface area (Å²) in [7, 11) is -8.24. The minimum atomic E-state index is -4.16. The largest absolute Gasteiger partial charge is 0.287 e. The van der Waals surface area contributed by atoms with Crippen molar-refractivity contribution in [3.63, 3.8) is 0 Å². The van der Waals surface area contributed by atoms with Gasteiger partial charge in [0, 0.05) is 16.1 Å². The van der Waals surface area contributed by atoms with Crippen LogP contribution in [-0.2, 0) is 20.0 Å². The molecule has 0 unspecified atom stereocenters. The lowest BCUT2D eigenvalue weighted by atomic mass is 9.93. The lowest BCUT2D eigenvalue weighted by Crippen LogP contribution is -2.31. The number of benzene rings is 3. The van der Waals surface area contributed by atoms with Crippen LogP contribution >= 0.6 is 11.6 Å². The van der Waals surface area contributed by atoms with E-state index in [1.165, 1.54) is 42.5 Å². The van der Waals surface area contributed by atoms with E-state index in [-0.39, 0.29) is 32.3 Å². The second kappa shape index (κ2) is 8.34. The molecular weight excluding hydrogens is 472 g/mol. The summed E-state index contributed by atoms with van der Waals surface area (Å²) in [5, 5.41) is 0.364. The number of ketones is 1. The molecule has 3 aromatic rings. The molecule has 0 heterocycles. The van der Waals surface area contributed by atoms with E-state index in [4.69, 9.17) is 11.6 Å². The van der Waals surface area contributed by atoms with Crippen LogP contribution < -0.4 is 4.72 Å². The van der Waals surface area contributed by atoms with Gasteiger partial charge in [0.25, 0.3) is 20.0 Å². The maximum Gasteiger partial charge on any atom is 0.282 e. The predicted octanol–water partition coefficient (Wildman–Crippen LogP) is 3.58. The van der Waals surface area contributed by atoms with Crippen molar-refractivity contribution in [3.8, 4) is 0 Å². The van der Waals surface area contributed by atoms with Gasteiger partial charge < -0.3 is 0 Å². The fourth-order valence-corrected chi connectivity index (χ4v) is 5.27. The molecule has 0 aliphatic heterocycles. The maximum atomic E-state index is 12.9. The summed E-state index contributed by atoms with van der Waals surface area (Å²) in [5.74, 6) is -0.594. The fraction of sp³-hybridized carbons (Fsp3) is 0. The first-order valence-corrected chi connectivity index (χ1v) is 12.5. The molecule has 0 fully saturated rings. The third kappa shape index (κ3) is 4.36. The molecule has 0 bridgehead atoms. The molecule has 0 saturated heterocycles. The lowest BCUT2D eigenvalue weighted by molar-refractivity contribution is 0.102. The van der Waals surface area contributed by atoms with E-state index < -0.39 is 25.8 Å².